The standard InChI is InChI=1S/C19H29N3O4/c1-15(2)12-16(13-22(25)14-23)19(24)21-10-8-20(9-11-21)17-4-6-18(26-3)7-5-17/h4-7,14-16,25H,8-13H2,1-3H3/t16-/m1/s1. The number of piperazine rings is 1. The summed E-state index contributed by atoms with van der Waals surface area (Å²) in [6.07, 6.45) is 0.991. The highest BCUT2D eigenvalue weighted by Gasteiger charge is 2.29. The first-order valence-electron chi connectivity index (χ1n) is 9.03. The van der Waals surface area contributed by atoms with Gasteiger partial charge >= 0.3 is 0 Å². The molecule has 1 aromatic rings. The van der Waals surface area contributed by atoms with Crippen molar-refractivity contribution in [2.75, 3.05) is 44.7 Å². The number of hydrogen-bond acceptors (Lipinski definition) is 5. The Morgan fingerprint density at radius 2 is 1.85 bits per heavy atom. The second-order valence-electron chi connectivity index (χ2n) is 7.06. The summed E-state index contributed by atoms with van der Waals surface area (Å²) < 4.78 is 5.18. The molecule has 1 heterocycles. The largest absolute Gasteiger partial charge is 0.497 e. The summed E-state index contributed by atoms with van der Waals surface area (Å²) in [4.78, 5) is 27.6. The van der Waals surface area contributed by atoms with Gasteiger partial charge in [0.25, 0.3) is 0 Å². The number of ether oxygens (including phenoxy) is 1. The Kier molecular flexibility index (Phi) is 7.26. The third-order valence-electron chi connectivity index (χ3n) is 4.66. The van der Waals surface area contributed by atoms with E-state index in [1.807, 2.05) is 43.0 Å². The van der Waals surface area contributed by atoms with Crippen molar-refractivity contribution in [3.63, 3.8) is 0 Å². The van der Waals surface area contributed by atoms with Crippen LogP contribution in [-0.2, 0) is 9.59 Å². The maximum absolute atomic E-state index is 12.8. The van der Waals surface area contributed by atoms with E-state index in [4.69, 9.17) is 4.74 Å². The zero-order chi connectivity index (χ0) is 19.1. The quantitative estimate of drug-likeness (QED) is 0.434. The lowest BCUT2D eigenvalue weighted by Crippen LogP contribution is -2.51. The number of nitrogens with zero attached hydrogens (tertiary/aromatic N) is 3. The van der Waals surface area contributed by atoms with Gasteiger partial charge in [-0.3, -0.25) is 14.8 Å². The molecule has 144 valence electrons. The number of carbonyl (C=O) groups excluding carboxylic acids is 2. The van der Waals surface area contributed by atoms with Crippen molar-refractivity contribution in [2.45, 2.75) is 20.3 Å². The first-order chi connectivity index (χ1) is 12.4. The van der Waals surface area contributed by atoms with E-state index in [1.54, 1.807) is 7.11 Å². The number of benzene rings is 1. The Hall–Kier alpha value is -2.28. The number of rotatable bonds is 8. The molecule has 1 atom stereocenters. The average molecular weight is 363 g/mol. The van der Waals surface area contributed by atoms with Crippen LogP contribution in [0.2, 0.25) is 0 Å². The van der Waals surface area contributed by atoms with E-state index in [0.717, 1.165) is 24.5 Å². The predicted octanol–water partition coefficient (Wildman–Crippen LogP) is 1.85. The summed E-state index contributed by atoms with van der Waals surface area (Å²) in [6.45, 7) is 6.87. The number of hydroxylamine groups is 2. The van der Waals surface area contributed by atoms with E-state index in [2.05, 4.69) is 4.90 Å². The van der Waals surface area contributed by atoms with Crippen molar-refractivity contribution in [3.8, 4) is 5.75 Å². The molecule has 0 radical (unpaired) electrons. The molecule has 1 aliphatic rings. The van der Waals surface area contributed by atoms with Gasteiger partial charge in [-0.1, -0.05) is 13.8 Å². The fourth-order valence-electron chi connectivity index (χ4n) is 3.33. The molecule has 7 nitrogen and oxygen atoms in total. The molecular weight excluding hydrogens is 334 g/mol. The van der Waals surface area contributed by atoms with Crippen molar-refractivity contribution >= 4 is 18.0 Å². The lowest BCUT2D eigenvalue weighted by atomic mass is 9.95. The first-order valence-corrected chi connectivity index (χ1v) is 9.03. The molecule has 1 aromatic carbocycles. The molecule has 0 spiro atoms. The third kappa shape index (κ3) is 5.36. The zero-order valence-electron chi connectivity index (χ0n) is 15.8. The second kappa shape index (κ2) is 9.43. The maximum atomic E-state index is 12.8. The highest BCUT2D eigenvalue weighted by molar-refractivity contribution is 5.79. The summed E-state index contributed by atoms with van der Waals surface area (Å²) in [7, 11) is 1.64. The fourth-order valence-corrected chi connectivity index (χ4v) is 3.33. The molecule has 2 rings (SSSR count). The van der Waals surface area contributed by atoms with Crippen LogP contribution in [0.15, 0.2) is 24.3 Å². The molecule has 1 saturated heterocycles. The Balaban J connectivity index is 1.95. The van der Waals surface area contributed by atoms with E-state index >= 15 is 0 Å². The van der Waals surface area contributed by atoms with Crippen LogP contribution in [0.4, 0.5) is 5.69 Å². The summed E-state index contributed by atoms with van der Waals surface area (Å²) in [5, 5.41) is 10.1. The molecule has 0 saturated carbocycles. The van der Waals surface area contributed by atoms with Crippen molar-refractivity contribution in [2.24, 2.45) is 11.8 Å². The average Bonchev–Trinajstić information content (AvgIpc) is 2.66. The van der Waals surface area contributed by atoms with Crippen LogP contribution in [0.3, 0.4) is 0 Å². The highest BCUT2D eigenvalue weighted by atomic mass is 16.5. The normalized spacial score (nSPS) is 15.7. The van der Waals surface area contributed by atoms with Gasteiger partial charge < -0.3 is 14.5 Å². The monoisotopic (exact) mass is 363 g/mol. The highest BCUT2D eigenvalue weighted by Crippen LogP contribution is 2.22. The van der Waals surface area contributed by atoms with Crippen LogP contribution < -0.4 is 9.64 Å². The number of anilines is 1. The number of methoxy groups -OCH3 is 1. The maximum Gasteiger partial charge on any atom is 0.233 e. The molecule has 26 heavy (non-hydrogen) atoms. The minimum Gasteiger partial charge on any atom is -0.497 e. The number of hydrogen-bond donors (Lipinski definition) is 1. The molecule has 7 heteroatoms. The molecule has 0 bridgehead atoms. The lowest BCUT2D eigenvalue weighted by Gasteiger charge is -2.38. The van der Waals surface area contributed by atoms with Gasteiger partial charge in [-0.15, -0.1) is 0 Å². The van der Waals surface area contributed by atoms with Gasteiger partial charge in [0, 0.05) is 31.9 Å². The Morgan fingerprint density at radius 3 is 2.35 bits per heavy atom. The van der Waals surface area contributed by atoms with Crippen molar-refractivity contribution in [1.82, 2.24) is 9.96 Å². The summed E-state index contributed by atoms with van der Waals surface area (Å²) >= 11 is 0. The van der Waals surface area contributed by atoms with E-state index in [0.29, 0.717) is 36.9 Å². The molecule has 1 N–H and O–H groups in total. The SMILES string of the molecule is COc1ccc(N2CCN(C(=O)[C@H](CC(C)C)CN(O)C=O)CC2)cc1. The van der Waals surface area contributed by atoms with E-state index in [-0.39, 0.29) is 18.4 Å². The van der Waals surface area contributed by atoms with E-state index < -0.39 is 0 Å². The van der Waals surface area contributed by atoms with Crippen molar-refractivity contribution in [3.05, 3.63) is 24.3 Å². The molecule has 0 aromatic heterocycles. The third-order valence-corrected chi connectivity index (χ3v) is 4.66. The predicted molar refractivity (Wildman–Crippen MR) is 99.3 cm³/mol. The van der Waals surface area contributed by atoms with Gasteiger partial charge in [-0.05, 0) is 36.6 Å². The Morgan fingerprint density at radius 1 is 1.23 bits per heavy atom. The zero-order valence-corrected chi connectivity index (χ0v) is 15.8. The van der Waals surface area contributed by atoms with Crippen molar-refractivity contribution < 1.29 is 19.5 Å². The van der Waals surface area contributed by atoms with Crippen LogP contribution in [0.1, 0.15) is 20.3 Å². The molecule has 1 fully saturated rings. The van der Waals surface area contributed by atoms with Crippen LogP contribution in [-0.4, -0.2) is 67.3 Å². The van der Waals surface area contributed by atoms with Crippen molar-refractivity contribution in [1.29, 1.82) is 0 Å². The summed E-state index contributed by atoms with van der Waals surface area (Å²) in [5.74, 6) is 0.763. The topological polar surface area (TPSA) is 73.3 Å². The number of carbonyl (C=O) groups is 2. The van der Waals surface area contributed by atoms with Gasteiger partial charge in [0.1, 0.15) is 5.75 Å². The summed E-state index contributed by atoms with van der Waals surface area (Å²) in [5.41, 5.74) is 1.11. The van der Waals surface area contributed by atoms with E-state index in [1.165, 1.54) is 0 Å². The second-order valence-corrected chi connectivity index (χ2v) is 7.06. The fraction of sp³-hybridized carbons (Fsp3) is 0.579. The minimum atomic E-state index is -0.377. The number of amides is 2. The van der Waals surface area contributed by atoms with Crippen LogP contribution >= 0.6 is 0 Å². The first kappa shape index (κ1) is 20.0. The molecule has 0 aliphatic carbocycles. The van der Waals surface area contributed by atoms with Gasteiger partial charge in [0.2, 0.25) is 12.3 Å². The molecule has 2 amide bonds. The lowest BCUT2D eigenvalue weighted by molar-refractivity contribution is -0.157. The van der Waals surface area contributed by atoms with Gasteiger partial charge in [-0.25, -0.2) is 5.06 Å². The molecule has 0 unspecified atom stereocenters. The van der Waals surface area contributed by atoms with Gasteiger partial charge in [0.05, 0.1) is 19.6 Å². The Labute approximate surface area is 155 Å². The van der Waals surface area contributed by atoms with Crippen LogP contribution in [0, 0.1) is 11.8 Å². The van der Waals surface area contributed by atoms with E-state index in [9.17, 15) is 14.8 Å². The molecular formula is C19H29N3O4. The minimum absolute atomic E-state index is 0.00832. The van der Waals surface area contributed by atoms with Crippen LogP contribution in [0.5, 0.6) is 5.75 Å². The Bertz CT molecular complexity index is 583. The van der Waals surface area contributed by atoms with Crippen LogP contribution in [0.25, 0.3) is 0 Å². The van der Waals surface area contributed by atoms with Gasteiger partial charge in [-0.2, -0.15) is 0 Å². The van der Waals surface area contributed by atoms with Gasteiger partial charge in [0.15, 0.2) is 0 Å². The summed E-state index contributed by atoms with van der Waals surface area (Å²) in [6, 6.07) is 7.90. The molecule has 1 aliphatic heterocycles. The smallest absolute Gasteiger partial charge is 0.233 e.